The number of piperidine rings is 2. The van der Waals surface area contributed by atoms with E-state index in [1.54, 1.807) is 23.1 Å². The van der Waals surface area contributed by atoms with E-state index in [-0.39, 0.29) is 36.0 Å². The fourth-order valence-electron chi connectivity index (χ4n) is 6.62. The van der Waals surface area contributed by atoms with Crippen molar-refractivity contribution in [2.24, 2.45) is 5.41 Å². The van der Waals surface area contributed by atoms with E-state index >= 15 is 0 Å². The third-order valence-electron chi connectivity index (χ3n) is 9.13. The molecule has 1 saturated carbocycles. The second-order valence-corrected chi connectivity index (χ2v) is 11.7. The summed E-state index contributed by atoms with van der Waals surface area (Å²) in [5.41, 5.74) is 2.11. The van der Waals surface area contributed by atoms with Crippen molar-refractivity contribution >= 4 is 40.2 Å². The van der Waals surface area contributed by atoms with Crippen LogP contribution in [0.2, 0.25) is 0 Å². The highest BCUT2D eigenvalue weighted by Crippen LogP contribution is 2.43. The molecular weight excluding hydrogens is 508 g/mol. The average Bonchev–Trinajstić information content (AvgIpc) is 3.53. The van der Waals surface area contributed by atoms with Gasteiger partial charge in [-0.1, -0.05) is 25.5 Å². The lowest BCUT2D eigenvalue weighted by Crippen LogP contribution is -2.53. The number of nitrogens with zero attached hydrogens (tertiary/aromatic N) is 5. The summed E-state index contributed by atoms with van der Waals surface area (Å²) < 4.78 is 10.8. The summed E-state index contributed by atoms with van der Waals surface area (Å²) in [4.78, 5) is 58.6. The molecule has 0 bridgehead atoms. The van der Waals surface area contributed by atoms with Gasteiger partial charge in [0.15, 0.2) is 0 Å². The number of imide groups is 1. The number of benzene rings is 1. The van der Waals surface area contributed by atoms with Crippen LogP contribution in [0.25, 0.3) is 10.8 Å². The van der Waals surface area contributed by atoms with E-state index in [1.165, 1.54) is 4.90 Å². The molecule has 2 aromatic heterocycles. The van der Waals surface area contributed by atoms with Crippen LogP contribution in [0.5, 0.6) is 0 Å². The van der Waals surface area contributed by atoms with Gasteiger partial charge < -0.3 is 4.90 Å². The maximum atomic E-state index is 13.4. The molecule has 0 spiro atoms. The third-order valence-corrected chi connectivity index (χ3v) is 9.13. The zero-order chi connectivity index (χ0) is 28.5. The molecule has 4 amide bonds. The zero-order valence-corrected chi connectivity index (χ0v) is 22.5. The molecule has 4 aliphatic rings. The molecular formula is C30H32N6O4. The second kappa shape index (κ2) is 9.25. The first-order valence-corrected chi connectivity index (χ1v) is 14.1. The van der Waals surface area contributed by atoms with Crippen LogP contribution in [-0.2, 0) is 20.8 Å². The number of hydrogen-bond donors (Lipinski definition) is 1. The number of anilines is 1. The number of rotatable bonds is 5. The highest BCUT2D eigenvalue weighted by atomic mass is 16.2. The van der Waals surface area contributed by atoms with Gasteiger partial charge in [0.05, 0.1) is 19.1 Å². The number of hydrogen-bond acceptors (Lipinski definition) is 6. The van der Waals surface area contributed by atoms with Gasteiger partial charge in [-0.05, 0) is 54.7 Å². The number of pyridine rings is 1. The Bertz CT molecular complexity index is 1620. The molecule has 3 aromatic rings. The smallest absolute Gasteiger partial charge is 0.260 e. The number of carbonyl (C=O) groups excluding carboxylic acids is 4. The maximum Gasteiger partial charge on any atom is 0.260 e. The lowest BCUT2D eigenvalue weighted by molar-refractivity contribution is -0.147. The molecule has 3 fully saturated rings. The summed E-state index contributed by atoms with van der Waals surface area (Å²) >= 11 is 0. The number of nitrogens with one attached hydrogen (secondary N) is 1. The molecule has 1 aliphatic carbocycles. The Hall–Kier alpha value is -4.08. The number of amides is 4. The Balaban J connectivity index is 1.11. The van der Waals surface area contributed by atoms with Crippen molar-refractivity contribution in [2.45, 2.75) is 70.4 Å². The van der Waals surface area contributed by atoms with Gasteiger partial charge in [0.25, 0.3) is 5.91 Å². The van der Waals surface area contributed by atoms with E-state index in [4.69, 9.17) is 1.37 Å². The fraction of sp³-hybridized carbons (Fsp3) is 0.467. The topological polar surface area (TPSA) is 118 Å². The summed E-state index contributed by atoms with van der Waals surface area (Å²) in [5.74, 6) is -0.436. The summed E-state index contributed by atoms with van der Waals surface area (Å²) in [5, 5.41) is 8.48. The highest BCUT2D eigenvalue weighted by Gasteiger charge is 2.43. The van der Waals surface area contributed by atoms with Gasteiger partial charge in [-0.3, -0.25) is 34.1 Å². The summed E-state index contributed by atoms with van der Waals surface area (Å²) in [7, 11) is 0. The maximum absolute atomic E-state index is 13.4. The minimum Gasteiger partial charge on any atom is -0.342 e. The first-order chi connectivity index (χ1) is 19.7. The van der Waals surface area contributed by atoms with Crippen molar-refractivity contribution in [2.75, 3.05) is 18.0 Å². The van der Waals surface area contributed by atoms with Crippen LogP contribution in [-0.4, -0.2) is 62.4 Å². The summed E-state index contributed by atoms with van der Waals surface area (Å²) in [6, 6.07) is 3.84. The predicted octanol–water partition coefficient (Wildman–Crippen LogP) is 3.14. The van der Waals surface area contributed by atoms with Crippen molar-refractivity contribution in [3.63, 3.8) is 0 Å². The van der Waals surface area contributed by atoms with Crippen molar-refractivity contribution in [3.8, 4) is 0 Å². The van der Waals surface area contributed by atoms with Gasteiger partial charge in [-0.2, -0.15) is 5.10 Å². The minimum absolute atomic E-state index is 0.174. The van der Waals surface area contributed by atoms with Crippen LogP contribution in [0.1, 0.15) is 80.7 Å². The van der Waals surface area contributed by atoms with Crippen LogP contribution in [0, 0.1) is 5.41 Å². The van der Waals surface area contributed by atoms with Gasteiger partial charge in [0.2, 0.25) is 17.7 Å². The van der Waals surface area contributed by atoms with Crippen LogP contribution in [0.3, 0.4) is 0 Å². The minimum atomic E-state index is -0.912. The van der Waals surface area contributed by atoms with Crippen LogP contribution < -0.4 is 10.2 Å². The molecule has 1 unspecified atom stereocenters. The zero-order valence-electron chi connectivity index (χ0n) is 23.5. The van der Waals surface area contributed by atoms with E-state index in [9.17, 15) is 19.2 Å². The lowest BCUT2D eigenvalue weighted by Gasteiger charge is -2.43. The first-order valence-electron chi connectivity index (χ1n) is 14.6. The molecule has 206 valence electrons. The van der Waals surface area contributed by atoms with E-state index in [0.29, 0.717) is 49.1 Å². The summed E-state index contributed by atoms with van der Waals surface area (Å²) in [6.45, 7) is 3.17. The van der Waals surface area contributed by atoms with Crippen molar-refractivity contribution in [1.82, 2.24) is 25.0 Å². The Morgan fingerprint density at radius 1 is 1.15 bits per heavy atom. The number of likely N-dealkylation sites (tertiary alicyclic amines) is 1. The van der Waals surface area contributed by atoms with Gasteiger partial charge >= 0.3 is 0 Å². The van der Waals surface area contributed by atoms with Crippen molar-refractivity contribution in [1.29, 1.82) is 0 Å². The molecule has 5 heterocycles. The molecule has 10 nitrogen and oxygen atoms in total. The Labute approximate surface area is 233 Å². The monoisotopic (exact) mass is 541 g/mol. The van der Waals surface area contributed by atoms with Crippen LogP contribution in [0.15, 0.2) is 36.8 Å². The molecule has 1 N–H and O–H groups in total. The van der Waals surface area contributed by atoms with Crippen LogP contribution in [0.4, 0.5) is 5.82 Å². The highest BCUT2D eigenvalue weighted by molar-refractivity contribution is 6.26. The Morgan fingerprint density at radius 2 is 1.95 bits per heavy atom. The molecule has 7 rings (SSSR count). The fourth-order valence-corrected chi connectivity index (χ4v) is 6.62. The van der Waals surface area contributed by atoms with Gasteiger partial charge in [-0.25, -0.2) is 4.98 Å². The Morgan fingerprint density at radius 3 is 2.67 bits per heavy atom. The standard InChI is InChI=1S/C30H32N6O4/c1-30(10-3-11-30)29(40)34-12-8-20(9-13-34)35-17-18(15-32-35)14-19-16-31-26-25-21(19)4-2-5-22(25)28(39)36(26)23-6-7-24(37)33-27(23)38/h2,4-5,15-17,20,23H,3,6-14H2,1H3,(H,33,37,38)/i20D. The van der Waals surface area contributed by atoms with Crippen molar-refractivity contribution < 1.29 is 20.5 Å². The Kier molecular flexibility index (Phi) is 5.50. The van der Waals surface area contributed by atoms with E-state index < -0.39 is 18.0 Å². The first kappa shape index (κ1) is 23.8. The predicted molar refractivity (Wildman–Crippen MR) is 147 cm³/mol. The third kappa shape index (κ3) is 3.91. The normalized spacial score (nSPS) is 23.7. The number of aromatic nitrogens is 3. The molecule has 3 aliphatic heterocycles. The molecule has 1 aromatic carbocycles. The molecule has 1 atom stereocenters. The molecule has 10 heteroatoms. The second-order valence-electron chi connectivity index (χ2n) is 11.7. The lowest BCUT2D eigenvalue weighted by atomic mass is 9.69. The van der Waals surface area contributed by atoms with Gasteiger partial charge in [0, 0.05) is 49.1 Å². The average molecular weight is 542 g/mol. The van der Waals surface area contributed by atoms with Gasteiger partial charge in [0.1, 0.15) is 11.9 Å². The SMILES string of the molecule is [2H]C1(n2cc(Cc3cnc4c5c(cccc35)C(=O)N4C3CCC(=O)NC3=O)cn2)CCN(C(=O)C2(C)CCC2)CC1. The van der Waals surface area contributed by atoms with E-state index in [1.807, 2.05) is 23.2 Å². The van der Waals surface area contributed by atoms with E-state index in [2.05, 4.69) is 22.3 Å². The van der Waals surface area contributed by atoms with E-state index in [0.717, 1.165) is 35.8 Å². The van der Waals surface area contributed by atoms with Crippen LogP contribution >= 0.6 is 0 Å². The van der Waals surface area contributed by atoms with Gasteiger partial charge in [-0.15, -0.1) is 0 Å². The molecule has 2 saturated heterocycles. The quantitative estimate of drug-likeness (QED) is 0.496. The number of carbonyl (C=O) groups is 4. The molecule has 0 radical (unpaired) electrons. The van der Waals surface area contributed by atoms with Crippen molar-refractivity contribution in [3.05, 3.63) is 53.5 Å². The largest absolute Gasteiger partial charge is 0.342 e. The summed E-state index contributed by atoms with van der Waals surface area (Å²) in [6.07, 6.45) is 10.4. The molecule has 40 heavy (non-hydrogen) atoms.